The van der Waals surface area contributed by atoms with Gasteiger partial charge in [0.2, 0.25) is 0 Å². The molecular weight excluding hydrogens is 325 g/mol. The molecule has 0 saturated carbocycles. The number of aryl methyl sites for hydroxylation is 1. The molecule has 1 aliphatic rings. The van der Waals surface area contributed by atoms with Gasteiger partial charge >= 0.3 is 0 Å². The lowest BCUT2D eigenvalue weighted by Crippen LogP contribution is -2.38. The monoisotopic (exact) mass is 343 g/mol. The number of fused-ring (bicyclic) bond motifs is 1. The van der Waals surface area contributed by atoms with Crippen molar-refractivity contribution in [1.29, 1.82) is 0 Å². The number of nitrogens with zero attached hydrogens (tertiary/aromatic N) is 4. The summed E-state index contributed by atoms with van der Waals surface area (Å²) in [6.07, 6.45) is 1.39. The number of aromatic amines is 1. The topological polar surface area (TPSA) is 76.0 Å². The number of H-pyrrole nitrogens is 1. The van der Waals surface area contributed by atoms with E-state index in [1.165, 1.54) is 18.3 Å². The Morgan fingerprint density at radius 2 is 2.16 bits per heavy atom. The highest BCUT2D eigenvalue weighted by molar-refractivity contribution is 5.72. The highest BCUT2D eigenvalue weighted by Gasteiger charge is 2.23. The van der Waals surface area contributed by atoms with E-state index in [0.29, 0.717) is 36.6 Å². The van der Waals surface area contributed by atoms with Crippen molar-refractivity contribution in [2.24, 2.45) is 7.05 Å². The van der Waals surface area contributed by atoms with Gasteiger partial charge in [0.15, 0.2) is 5.65 Å². The number of halogens is 1. The lowest BCUT2D eigenvalue weighted by atomic mass is 10.1. The Morgan fingerprint density at radius 3 is 2.96 bits per heavy atom. The van der Waals surface area contributed by atoms with Gasteiger partial charge in [-0.15, -0.1) is 0 Å². The Balaban J connectivity index is 1.53. The first kappa shape index (κ1) is 15.9. The molecule has 3 aromatic rings. The minimum atomic E-state index is -0.261. The van der Waals surface area contributed by atoms with E-state index >= 15 is 0 Å². The maximum atomic E-state index is 13.1. The summed E-state index contributed by atoms with van der Waals surface area (Å²) in [7, 11) is 1.76. The van der Waals surface area contributed by atoms with Crippen molar-refractivity contribution in [1.82, 2.24) is 24.6 Å². The van der Waals surface area contributed by atoms with Gasteiger partial charge in [0, 0.05) is 20.1 Å². The summed E-state index contributed by atoms with van der Waals surface area (Å²) in [6.45, 7) is 2.47. The van der Waals surface area contributed by atoms with Crippen molar-refractivity contribution >= 4 is 11.0 Å². The van der Waals surface area contributed by atoms with Gasteiger partial charge in [0.05, 0.1) is 25.5 Å². The molecule has 0 bridgehead atoms. The fourth-order valence-electron chi connectivity index (χ4n) is 3.09. The summed E-state index contributed by atoms with van der Waals surface area (Å²) in [5.74, 6) is 0.337. The van der Waals surface area contributed by atoms with Gasteiger partial charge in [0.1, 0.15) is 17.0 Å². The molecule has 0 aliphatic carbocycles. The van der Waals surface area contributed by atoms with E-state index in [9.17, 15) is 9.18 Å². The van der Waals surface area contributed by atoms with Gasteiger partial charge in [-0.3, -0.25) is 14.4 Å². The predicted molar refractivity (Wildman–Crippen MR) is 89.5 cm³/mol. The Kier molecular flexibility index (Phi) is 4.06. The van der Waals surface area contributed by atoms with Crippen molar-refractivity contribution in [2.75, 3.05) is 19.7 Å². The van der Waals surface area contributed by atoms with Crippen LogP contribution in [-0.4, -0.2) is 44.3 Å². The summed E-state index contributed by atoms with van der Waals surface area (Å²) in [5, 5.41) is 4.56. The van der Waals surface area contributed by atoms with Gasteiger partial charge in [-0.25, -0.2) is 9.37 Å². The number of nitrogens with one attached hydrogen (secondary N) is 1. The van der Waals surface area contributed by atoms with E-state index in [1.807, 2.05) is 0 Å². The van der Waals surface area contributed by atoms with Crippen LogP contribution in [0.3, 0.4) is 0 Å². The van der Waals surface area contributed by atoms with Crippen LogP contribution in [-0.2, 0) is 18.3 Å². The van der Waals surface area contributed by atoms with Crippen molar-refractivity contribution in [3.63, 3.8) is 0 Å². The fraction of sp³-hybridized carbons (Fsp3) is 0.353. The number of rotatable bonds is 3. The third-order valence-corrected chi connectivity index (χ3v) is 4.42. The molecule has 25 heavy (non-hydrogen) atoms. The molecular formula is C17H18FN5O2. The lowest BCUT2D eigenvalue weighted by molar-refractivity contribution is -0.0336. The van der Waals surface area contributed by atoms with E-state index in [2.05, 4.69) is 20.0 Å². The lowest BCUT2D eigenvalue weighted by Gasteiger charge is -2.32. The molecule has 0 unspecified atom stereocenters. The molecule has 1 aromatic carbocycles. The van der Waals surface area contributed by atoms with Crippen molar-refractivity contribution in [3.8, 4) is 0 Å². The summed E-state index contributed by atoms with van der Waals surface area (Å²) in [5.41, 5.74) is 1.33. The number of benzene rings is 1. The van der Waals surface area contributed by atoms with Crippen LogP contribution in [0.2, 0.25) is 0 Å². The number of aromatic nitrogens is 4. The third-order valence-electron chi connectivity index (χ3n) is 4.42. The maximum absolute atomic E-state index is 13.1. The first-order valence-corrected chi connectivity index (χ1v) is 8.10. The van der Waals surface area contributed by atoms with Crippen LogP contribution in [0.4, 0.5) is 4.39 Å². The van der Waals surface area contributed by atoms with Crippen LogP contribution in [0, 0.1) is 5.82 Å². The van der Waals surface area contributed by atoms with Crippen LogP contribution < -0.4 is 5.56 Å². The second-order valence-electron chi connectivity index (χ2n) is 6.16. The summed E-state index contributed by atoms with van der Waals surface area (Å²) >= 11 is 0. The van der Waals surface area contributed by atoms with Crippen molar-refractivity contribution in [3.05, 3.63) is 58.0 Å². The predicted octanol–water partition coefficient (Wildman–Crippen LogP) is 1.37. The third kappa shape index (κ3) is 3.18. The zero-order valence-corrected chi connectivity index (χ0v) is 13.8. The molecule has 130 valence electrons. The average Bonchev–Trinajstić information content (AvgIpc) is 2.98. The molecule has 1 N–H and O–H groups in total. The van der Waals surface area contributed by atoms with Crippen molar-refractivity contribution in [2.45, 2.75) is 12.6 Å². The Labute approximate surface area is 143 Å². The number of hydrogen-bond acceptors (Lipinski definition) is 5. The van der Waals surface area contributed by atoms with Crippen molar-refractivity contribution < 1.29 is 9.13 Å². The van der Waals surface area contributed by atoms with Crippen LogP contribution >= 0.6 is 0 Å². The molecule has 7 nitrogen and oxygen atoms in total. The van der Waals surface area contributed by atoms with E-state index in [0.717, 1.165) is 12.1 Å². The summed E-state index contributed by atoms with van der Waals surface area (Å²) in [4.78, 5) is 21.6. The van der Waals surface area contributed by atoms with Gasteiger partial charge in [-0.2, -0.15) is 5.10 Å². The highest BCUT2D eigenvalue weighted by atomic mass is 19.1. The zero-order chi connectivity index (χ0) is 17.4. The van der Waals surface area contributed by atoms with Gasteiger partial charge in [-0.05, 0) is 17.7 Å². The minimum absolute atomic E-state index is 0.124. The molecule has 0 spiro atoms. The maximum Gasteiger partial charge on any atom is 0.262 e. The van der Waals surface area contributed by atoms with Crippen LogP contribution in [0.5, 0.6) is 0 Å². The largest absolute Gasteiger partial charge is 0.371 e. The summed E-state index contributed by atoms with van der Waals surface area (Å²) < 4.78 is 20.5. The molecule has 8 heteroatoms. The van der Waals surface area contributed by atoms with Gasteiger partial charge in [0.25, 0.3) is 5.56 Å². The quantitative estimate of drug-likeness (QED) is 0.777. The standard InChI is InChI=1S/C17H18FN5O2/c1-22-16-13(8-19-22)17(24)21-15(20-16)10-23-6-7-25-14(9-23)11-2-4-12(18)5-3-11/h2-5,8,14H,6-7,9-10H2,1H3,(H,20,21,24)/t14-/m0/s1. The Bertz CT molecular complexity index is 950. The molecule has 1 atom stereocenters. The highest BCUT2D eigenvalue weighted by Crippen LogP contribution is 2.23. The number of hydrogen-bond donors (Lipinski definition) is 1. The van der Waals surface area contributed by atoms with Crippen LogP contribution in [0.15, 0.2) is 35.3 Å². The summed E-state index contributed by atoms with van der Waals surface area (Å²) in [6, 6.07) is 6.36. The smallest absolute Gasteiger partial charge is 0.262 e. The average molecular weight is 343 g/mol. The molecule has 2 aromatic heterocycles. The van der Waals surface area contributed by atoms with E-state index in [-0.39, 0.29) is 17.5 Å². The van der Waals surface area contributed by atoms with Crippen LogP contribution in [0.1, 0.15) is 17.5 Å². The number of morpholine rings is 1. The SMILES string of the molecule is Cn1ncc2c(=O)[nH]c(CN3CCO[C@H](c4ccc(F)cc4)C3)nc21. The second kappa shape index (κ2) is 6.38. The van der Waals surface area contributed by atoms with E-state index in [4.69, 9.17) is 4.74 Å². The normalized spacial score (nSPS) is 18.7. The van der Waals surface area contributed by atoms with Crippen LogP contribution in [0.25, 0.3) is 11.0 Å². The molecule has 3 heterocycles. The van der Waals surface area contributed by atoms with Gasteiger partial charge < -0.3 is 9.72 Å². The fourth-order valence-corrected chi connectivity index (χ4v) is 3.09. The molecule has 1 aliphatic heterocycles. The zero-order valence-electron chi connectivity index (χ0n) is 13.8. The first-order valence-electron chi connectivity index (χ1n) is 8.10. The van der Waals surface area contributed by atoms with Gasteiger partial charge in [-0.1, -0.05) is 12.1 Å². The van der Waals surface area contributed by atoms with E-state index < -0.39 is 0 Å². The molecule has 0 amide bonds. The molecule has 1 saturated heterocycles. The van der Waals surface area contributed by atoms with E-state index in [1.54, 1.807) is 23.9 Å². The molecule has 1 fully saturated rings. The molecule has 0 radical (unpaired) electrons. The Hall–Kier alpha value is -2.58. The first-order chi connectivity index (χ1) is 12.1. The second-order valence-corrected chi connectivity index (χ2v) is 6.16. The minimum Gasteiger partial charge on any atom is -0.371 e. The molecule has 4 rings (SSSR count). The Morgan fingerprint density at radius 1 is 1.36 bits per heavy atom. The number of ether oxygens (including phenoxy) is 1.